The van der Waals surface area contributed by atoms with Gasteiger partial charge < -0.3 is 28.4 Å². The number of ether oxygens (including phenoxy) is 6. The van der Waals surface area contributed by atoms with E-state index in [4.69, 9.17) is 28.4 Å². The predicted octanol–water partition coefficient (Wildman–Crippen LogP) is 6.45. The molecule has 0 radical (unpaired) electrons. The summed E-state index contributed by atoms with van der Waals surface area (Å²) in [6.07, 6.45) is 18.1. The highest BCUT2D eigenvalue weighted by Gasteiger charge is 2.22. The van der Waals surface area contributed by atoms with E-state index < -0.39 is 0 Å². The van der Waals surface area contributed by atoms with Gasteiger partial charge in [0.15, 0.2) is 0 Å². The molecule has 1 aromatic carbocycles. The van der Waals surface area contributed by atoms with E-state index >= 15 is 0 Å². The number of hydrogen-bond acceptors (Lipinski definition) is 6. The van der Waals surface area contributed by atoms with Gasteiger partial charge in [-0.2, -0.15) is 0 Å². The van der Waals surface area contributed by atoms with Gasteiger partial charge in [0.2, 0.25) is 0 Å². The minimum Gasteiger partial charge on any atom is -0.491 e. The molecule has 6 heteroatoms. The molecule has 0 spiro atoms. The molecule has 8 bridgehead atoms. The molecule has 7 rings (SSSR count). The highest BCUT2D eigenvalue weighted by atomic mass is 16.6. The molecule has 0 saturated heterocycles. The molecule has 4 aliphatic carbocycles. The lowest BCUT2D eigenvalue weighted by atomic mass is 9.85. The Labute approximate surface area is 240 Å². The van der Waals surface area contributed by atoms with Gasteiger partial charge in [-0.05, 0) is 110 Å². The first-order valence-electron chi connectivity index (χ1n) is 15.7. The van der Waals surface area contributed by atoms with Gasteiger partial charge in [0.05, 0.1) is 52.9 Å². The summed E-state index contributed by atoms with van der Waals surface area (Å²) in [6.45, 7) is 5.66. The van der Waals surface area contributed by atoms with Crippen molar-refractivity contribution in [1.82, 2.24) is 0 Å². The fourth-order valence-corrected chi connectivity index (χ4v) is 6.18. The van der Waals surface area contributed by atoms with Crippen LogP contribution < -0.4 is 4.74 Å². The topological polar surface area (TPSA) is 55.4 Å². The van der Waals surface area contributed by atoms with Crippen LogP contribution in [0.5, 0.6) is 5.75 Å². The summed E-state index contributed by atoms with van der Waals surface area (Å²) in [5.41, 5.74) is 8.54. The predicted molar refractivity (Wildman–Crippen MR) is 157 cm³/mol. The molecule has 0 saturated carbocycles. The Hall–Kier alpha value is -2.12. The van der Waals surface area contributed by atoms with Gasteiger partial charge in [0, 0.05) is 0 Å². The van der Waals surface area contributed by atoms with E-state index in [1.807, 2.05) is 0 Å². The quantitative estimate of drug-likeness (QED) is 0.345. The third-order valence-electron chi connectivity index (χ3n) is 8.15. The van der Waals surface area contributed by atoms with E-state index in [1.54, 1.807) is 0 Å². The average molecular weight is 553 g/mol. The van der Waals surface area contributed by atoms with Gasteiger partial charge in [-0.1, -0.05) is 24.3 Å². The van der Waals surface area contributed by atoms with Gasteiger partial charge in [-0.15, -0.1) is 0 Å². The molecule has 6 nitrogen and oxygen atoms in total. The standard InChI is InChI=1S/C34H48O6/c1-2-8-28-25-31-11-5-3-9-29-23-27(7-1)24-30-10-4-6-12-32(26-28)34(31)40-22-20-38-18-16-36-14-13-35-15-17-37-19-21-39-33(29)30/h7,23,25-26H,1-6,8-22,24H2/b27-7+. The van der Waals surface area contributed by atoms with Crippen LogP contribution in [0.3, 0.4) is 0 Å². The minimum atomic E-state index is 0.560. The Bertz CT molecular complexity index is 1040. The smallest absolute Gasteiger partial charge is 0.125 e. The molecule has 0 fully saturated rings. The molecule has 0 aromatic heterocycles. The number of aryl methyl sites for hydroxylation is 3. The van der Waals surface area contributed by atoms with Gasteiger partial charge in [0.25, 0.3) is 0 Å². The first-order chi connectivity index (χ1) is 19.9. The lowest BCUT2D eigenvalue weighted by Gasteiger charge is -2.26. The lowest BCUT2D eigenvalue weighted by Crippen LogP contribution is -2.16. The number of benzene rings is 1. The number of fused-ring (bicyclic) bond motifs is 18. The fourth-order valence-electron chi connectivity index (χ4n) is 6.18. The van der Waals surface area contributed by atoms with Gasteiger partial charge in [-0.25, -0.2) is 0 Å². The van der Waals surface area contributed by atoms with Crippen LogP contribution in [-0.4, -0.2) is 66.1 Å². The third kappa shape index (κ3) is 8.94. The second kappa shape index (κ2) is 16.4. The van der Waals surface area contributed by atoms with E-state index in [-0.39, 0.29) is 0 Å². The molecule has 0 atom stereocenters. The van der Waals surface area contributed by atoms with Crippen molar-refractivity contribution in [2.45, 2.75) is 77.0 Å². The summed E-state index contributed by atoms with van der Waals surface area (Å²) in [4.78, 5) is 0. The fraction of sp³-hybridized carbons (Fsp3) is 0.647. The number of rotatable bonds is 0. The number of allylic oxidation sites excluding steroid dienone is 5. The maximum absolute atomic E-state index is 6.51. The average Bonchev–Trinajstić information content (AvgIpc) is 2.95. The van der Waals surface area contributed by atoms with Gasteiger partial charge in [-0.3, -0.25) is 0 Å². The van der Waals surface area contributed by atoms with Crippen molar-refractivity contribution in [3.05, 3.63) is 63.5 Å². The van der Waals surface area contributed by atoms with E-state index in [1.165, 1.54) is 39.8 Å². The summed E-state index contributed by atoms with van der Waals surface area (Å²) in [5, 5.41) is 0. The molecule has 0 unspecified atom stereocenters. The van der Waals surface area contributed by atoms with Crippen LogP contribution in [0.4, 0.5) is 0 Å². The lowest BCUT2D eigenvalue weighted by molar-refractivity contribution is -0.00920. The maximum Gasteiger partial charge on any atom is 0.125 e. The Morgan fingerprint density at radius 3 is 1.77 bits per heavy atom. The zero-order chi connectivity index (χ0) is 27.2. The third-order valence-corrected chi connectivity index (χ3v) is 8.15. The highest BCUT2D eigenvalue weighted by molar-refractivity contribution is 5.47. The molecule has 40 heavy (non-hydrogen) atoms. The second-order valence-electron chi connectivity index (χ2n) is 11.3. The van der Waals surface area contributed by atoms with Crippen LogP contribution in [0.1, 0.15) is 74.5 Å². The molecule has 0 amide bonds. The Morgan fingerprint density at radius 2 is 1.10 bits per heavy atom. The Kier molecular flexibility index (Phi) is 12.0. The van der Waals surface area contributed by atoms with Crippen LogP contribution >= 0.6 is 0 Å². The molecule has 2 aliphatic heterocycles. The minimum absolute atomic E-state index is 0.560. The summed E-state index contributed by atoms with van der Waals surface area (Å²) in [5.74, 6) is 2.27. The Balaban J connectivity index is 1.41. The van der Waals surface area contributed by atoms with E-state index in [0.717, 1.165) is 82.1 Å². The van der Waals surface area contributed by atoms with Crippen molar-refractivity contribution in [2.75, 3.05) is 66.1 Å². The second-order valence-corrected chi connectivity index (χ2v) is 11.3. The van der Waals surface area contributed by atoms with Crippen molar-refractivity contribution >= 4 is 0 Å². The molecule has 1 aromatic rings. The van der Waals surface area contributed by atoms with Crippen molar-refractivity contribution in [3.63, 3.8) is 0 Å². The normalized spacial score (nSPS) is 24.3. The van der Waals surface area contributed by atoms with Crippen LogP contribution in [-0.2, 0) is 42.9 Å². The van der Waals surface area contributed by atoms with Crippen molar-refractivity contribution in [1.29, 1.82) is 0 Å². The summed E-state index contributed by atoms with van der Waals surface area (Å²) >= 11 is 0. The number of hydrogen-bond donors (Lipinski definition) is 0. The molecular formula is C34H48O6. The van der Waals surface area contributed by atoms with Crippen molar-refractivity contribution < 1.29 is 28.4 Å². The highest BCUT2D eigenvalue weighted by Crippen LogP contribution is 2.37. The van der Waals surface area contributed by atoms with Crippen LogP contribution in [0.15, 0.2) is 46.8 Å². The van der Waals surface area contributed by atoms with E-state index in [9.17, 15) is 0 Å². The van der Waals surface area contributed by atoms with Crippen LogP contribution in [0.25, 0.3) is 0 Å². The van der Waals surface area contributed by atoms with Crippen molar-refractivity contribution in [2.24, 2.45) is 0 Å². The van der Waals surface area contributed by atoms with Gasteiger partial charge in [0.1, 0.15) is 24.7 Å². The van der Waals surface area contributed by atoms with Gasteiger partial charge >= 0.3 is 0 Å². The SMILES string of the molecule is C1=C2CCCCc3cc4cc5c3OCCOCCOCCOCCOCCOC2=C(CCCC5)C/C1=C/CCC4. The monoisotopic (exact) mass is 552 g/mol. The molecule has 2 heterocycles. The Morgan fingerprint density at radius 1 is 0.525 bits per heavy atom. The van der Waals surface area contributed by atoms with Crippen LogP contribution in [0, 0.1) is 0 Å². The zero-order valence-corrected chi connectivity index (χ0v) is 24.3. The van der Waals surface area contributed by atoms with Crippen molar-refractivity contribution in [3.8, 4) is 5.75 Å². The molecule has 6 aliphatic rings. The van der Waals surface area contributed by atoms with E-state index in [0.29, 0.717) is 66.1 Å². The summed E-state index contributed by atoms with van der Waals surface area (Å²) < 4.78 is 35.9. The largest absolute Gasteiger partial charge is 0.491 e. The maximum atomic E-state index is 6.51. The molecule has 220 valence electrons. The molecule has 0 N–H and O–H groups in total. The summed E-state index contributed by atoms with van der Waals surface area (Å²) in [6, 6.07) is 4.86. The van der Waals surface area contributed by atoms with Crippen LogP contribution in [0.2, 0.25) is 0 Å². The van der Waals surface area contributed by atoms with E-state index in [2.05, 4.69) is 24.3 Å². The first kappa shape index (κ1) is 29.4. The summed E-state index contributed by atoms with van der Waals surface area (Å²) in [7, 11) is 0. The molecular weight excluding hydrogens is 504 g/mol. The zero-order valence-electron chi connectivity index (χ0n) is 24.3. The first-order valence-corrected chi connectivity index (χ1v) is 15.7.